The first-order valence-electron chi connectivity index (χ1n) is 9.32. The summed E-state index contributed by atoms with van der Waals surface area (Å²) in [5.74, 6) is 0. The predicted octanol–water partition coefficient (Wildman–Crippen LogP) is -2.43. The number of aliphatic hydroxyl groups excluding tert-OH is 2. The highest BCUT2D eigenvalue weighted by atomic mass is 16.5. The molecule has 10 heteroatoms. The van der Waals surface area contributed by atoms with Crippen molar-refractivity contribution in [3.05, 3.63) is 32.6 Å². The molecule has 10 nitrogen and oxygen atoms in total. The number of ether oxygens (including phenoxy) is 1. The summed E-state index contributed by atoms with van der Waals surface area (Å²) in [4.78, 5) is 27.3. The van der Waals surface area contributed by atoms with Crippen LogP contribution in [-0.4, -0.2) is 75.8 Å². The average Bonchev–Trinajstić information content (AvgIpc) is 3.02. The molecule has 1 aliphatic rings. The van der Waals surface area contributed by atoms with Crippen LogP contribution in [0.3, 0.4) is 0 Å². The lowest BCUT2D eigenvalue weighted by atomic mass is 10.2. The zero-order valence-electron chi connectivity index (χ0n) is 15.8. The highest BCUT2D eigenvalue weighted by Crippen LogP contribution is 2.27. The molecule has 27 heavy (non-hydrogen) atoms. The van der Waals surface area contributed by atoms with E-state index in [0.717, 1.165) is 0 Å². The van der Waals surface area contributed by atoms with E-state index in [1.807, 2.05) is 0 Å². The first kappa shape index (κ1) is 21.7. The van der Waals surface area contributed by atoms with Crippen LogP contribution in [0.25, 0.3) is 0 Å². The number of aromatic nitrogens is 2. The third-order valence-corrected chi connectivity index (χ3v) is 4.81. The fourth-order valence-electron chi connectivity index (χ4n) is 3.36. The van der Waals surface area contributed by atoms with E-state index >= 15 is 0 Å². The Morgan fingerprint density at radius 3 is 2.48 bits per heavy atom. The van der Waals surface area contributed by atoms with E-state index in [1.165, 1.54) is 15.3 Å². The Kier molecular flexibility index (Phi) is 8.14. The lowest BCUT2D eigenvalue weighted by Gasteiger charge is -2.21. The van der Waals surface area contributed by atoms with Crippen molar-refractivity contribution >= 4 is 0 Å². The van der Waals surface area contributed by atoms with Crippen LogP contribution in [0, 0.1) is 6.92 Å². The lowest BCUT2D eigenvalue weighted by Crippen LogP contribution is -2.43. The highest BCUT2D eigenvalue weighted by molar-refractivity contribution is 5.04. The Balaban J connectivity index is 2.16. The Morgan fingerprint density at radius 1 is 1.26 bits per heavy atom. The molecule has 0 spiro atoms. The van der Waals surface area contributed by atoms with Gasteiger partial charge in [0.15, 0.2) is 0 Å². The quantitative estimate of drug-likeness (QED) is 0.347. The van der Waals surface area contributed by atoms with Crippen LogP contribution in [0.4, 0.5) is 0 Å². The summed E-state index contributed by atoms with van der Waals surface area (Å²) in [6.45, 7) is 4.71. The van der Waals surface area contributed by atoms with E-state index in [4.69, 9.17) is 16.2 Å². The first-order chi connectivity index (χ1) is 12.9. The van der Waals surface area contributed by atoms with Gasteiger partial charge in [-0.15, -0.1) is 0 Å². The second-order valence-corrected chi connectivity index (χ2v) is 6.85. The van der Waals surface area contributed by atoms with Crippen LogP contribution in [0.15, 0.2) is 15.8 Å². The van der Waals surface area contributed by atoms with E-state index in [-0.39, 0.29) is 25.1 Å². The van der Waals surface area contributed by atoms with Crippen molar-refractivity contribution in [1.82, 2.24) is 14.0 Å². The monoisotopic (exact) mass is 385 g/mol. The van der Waals surface area contributed by atoms with Crippen molar-refractivity contribution in [2.45, 2.75) is 44.7 Å². The minimum Gasteiger partial charge on any atom is -0.394 e. The molecule has 6 N–H and O–H groups in total. The summed E-state index contributed by atoms with van der Waals surface area (Å²) in [5, 5.41) is 19.1. The van der Waals surface area contributed by atoms with Gasteiger partial charge in [0.1, 0.15) is 12.3 Å². The molecule has 0 radical (unpaired) electrons. The van der Waals surface area contributed by atoms with Gasteiger partial charge < -0.3 is 31.3 Å². The molecule has 154 valence electrons. The minimum atomic E-state index is -0.853. The van der Waals surface area contributed by atoms with Crippen molar-refractivity contribution in [2.24, 2.45) is 11.5 Å². The normalized spacial score (nSPS) is 22.7. The molecule has 1 aromatic rings. The average molecular weight is 385 g/mol. The summed E-state index contributed by atoms with van der Waals surface area (Å²) in [6, 6.07) is 0. The molecule has 0 aromatic carbocycles. The lowest BCUT2D eigenvalue weighted by molar-refractivity contribution is -0.0464. The smallest absolute Gasteiger partial charge is 0.333 e. The van der Waals surface area contributed by atoms with Crippen LogP contribution in [0.1, 0.15) is 24.6 Å². The summed E-state index contributed by atoms with van der Waals surface area (Å²) < 4.78 is 8.08. The van der Waals surface area contributed by atoms with Crippen LogP contribution in [0.2, 0.25) is 0 Å². The van der Waals surface area contributed by atoms with Gasteiger partial charge in [-0.05, 0) is 19.9 Å². The number of hydrogen-bond donors (Lipinski definition) is 4. The van der Waals surface area contributed by atoms with Gasteiger partial charge in [0.25, 0.3) is 5.56 Å². The molecule has 0 bridgehead atoms. The summed E-state index contributed by atoms with van der Waals surface area (Å²) >= 11 is 0. The van der Waals surface area contributed by atoms with Crippen LogP contribution >= 0.6 is 0 Å². The van der Waals surface area contributed by atoms with E-state index in [9.17, 15) is 19.8 Å². The molecule has 0 aliphatic carbocycles. The van der Waals surface area contributed by atoms with Crippen LogP contribution < -0.4 is 22.7 Å². The Labute approximate surface area is 157 Å². The van der Waals surface area contributed by atoms with E-state index in [0.29, 0.717) is 44.7 Å². The molecule has 0 unspecified atom stereocenters. The van der Waals surface area contributed by atoms with Gasteiger partial charge in [-0.25, -0.2) is 4.79 Å². The summed E-state index contributed by atoms with van der Waals surface area (Å²) in [7, 11) is 0. The maximum absolute atomic E-state index is 12.8. The minimum absolute atomic E-state index is 0.184. The molecule has 0 amide bonds. The summed E-state index contributed by atoms with van der Waals surface area (Å²) in [6.07, 6.45) is -0.0539. The van der Waals surface area contributed by atoms with E-state index in [1.54, 1.807) is 6.92 Å². The van der Waals surface area contributed by atoms with Gasteiger partial charge in [-0.1, -0.05) is 0 Å². The molecule has 0 saturated carbocycles. The van der Waals surface area contributed by atoms with Gasteiger partial charge in [0, 0.05) is 50.9 Å². The topological polar surface area (TPSA) is 149 Å². The molecule has 1 fully saturated rings. The predicted molar refractivity (Wildman–Crippen MR) is 100 cm³/mol. The van der Waals surface area contributed by atoms with Gasteiger partial charge in [-0.2, -0.15) is 0 Å². The van der Waals surface area contributed by atoms with Gasteiger partial charge in [0.2, 0.25) is 0 Å². The second-order valence-electron chi connectivity index (χ2n) is 6.85. The second kappa shape index (κ2) is 10.1. The third-order valence-electron chi connectivity index (χ3n) is 4.81. The summed E-state index contributed by atoms with van der Waals surface area (Å²) in [5.41, 5.74) is 10.8. The van der Waals surface area contributed by atoms with Crippen molar-refractivity contribution in [3.8, 4) is 0 Å². The Bertz CT molecular complexity index is 713. The largest absolute Gasteiger partial charge is 0.394 e. The molecule has 2 heterocycles. The first-order valence-corrected chi connectivity index (χ1v) is 9.32. The van der Waals surface area contributed by atoms with E-state index in [2.05, 4.69) is 4.90 Å². The number of aliphatic hydroxyl groups is 2. The molecule has 3 atom stereocenters. The maximum Gasteiger partial charge on any atom is 0.333 e. The molecular weight excluding hydrogens is 354 g/mol. The van der Waals surface area contributed by atoms with Gasteiger partial charge >= 0.3 is 5.69 Å². The molecular formula is C17H31N5O5. The number of hydrogen-bond acceptors (Lipinski definition) is 8. The Morgan fingerprint density at radius 2 is 1.93 bits per heavy atom. The number of nitrogens with zero attached hydrogens (tertiary/aromatic N) is 3. The standard InChI is InChI=1S/C17H31N5O5/c1-12-10-22(15-9-13(24)14(11-23)27-15)17(26)21(16(12)25)6-2-5-20(7-3-18)8-4-19/h10,13-15,23-24H,2-9,11,18-19H2,1H3/t13-,14+,15+/m0/s1. The SMILES string of the molecule is Cc1cn([C@H]2C[C@H](O)[C@@H](CO)O2)c(=O)n(CCCN(CCN)CCN)c1=O. The third kappa shape index (κ3) is 5.24. The van der Waals surface area contributed by atoms with Gasteiger partial charge in [-0.3, -0.25) is 13.9 Å². The van der Waals surface area contributed by atoms with Crippen molar-refractivity contribution in [1.29, 1.82) is 0 Å². The van der Waals surface area contributed by atoms with Crippen LogP contribution in [0.5, 0.6) is 0 Å². The molecule has 1 aliphatic heterocycles. The zero-order chi connectivity index (χ0) is 20.0. The fourth-order valence-corrected chi connectivity index (χ4v) is 3.36. The molecule has 1 aromatic heterocycles. The number of rotatable bonds is 10. The van der Waals surface area contributed by atoms with Crippen molar-refractivity contribution < 1.29 is 14.9 Å². The van der Waals surface area contributed by atoms with Crippen LogP contribution in [-0.2, 0) is 11.3 Å². The molecule has 1 saturated heterocycles. The zero-order valence-corrected chi connectivity index (χ0v) is 15.8. The number of aryl methyl sites for hydroxylation is 1. The van der Waals surface area contributed by atoms with Crippen molar-refractivity contribution in [3.63, 3.8) is 0 Å². The fraction of sp³-hybridized carbons (Fsp3) is 0.765. The molecule has 2 rings (SSSR count). The number of nitrogens with two attached hydrogens (primary N) is 2. The maximum atomic E-state index is 12.8. The highest BCUT2D eigenvalue weighted by Gasteiger charge is 2.35. The van der Waals surface area contributed by atoms with E-state index < -0.39 is 24.1 Å². The van der Waals surface area contributed by atoms with Gasteiger partial charge in [0.05, 0.1) is 12.7 Å². The Hall–Kier alpha value is -1.56. The van der Waals surface area contributed by atoms with Crippen molar-refractivity contribution in [2.75, 3.05) is 39.3 Å².